The van der Waals surface area contributed by atoms with Gasteiger partial charge in [0.1, 0.15) is 12.1 Å². The van der Waals surface area contributed by atoms with Gasteiger partial charge >= 0.3 is 0 Å². The van der Waals surface area contributed by atoms with Gasteiger partial charge in [-0.2, -0.15) is 0 Å². The molecular formula is C18H18N4O. The van der Waals surface area contributed by atoms with Gasteiger partial charge in [0.25, 0.3) is 0 Å². The molecule has 1 aromatic carbocycles. The number of nitrogens with zero attached hydrogens (tertiary/aromatic N) is 3. The highest BCUT2D eigenvalue weighted by Gasteiger charge is 2.03. The van der Waals surface area contributed by atoms with Crippen LogP contribution in [0, 0.1) is 0 Å². The summed E-state index contributed by atoms with van der Waals surface area (Å²) in [6.07, 6.45) is 8.27. The van der Waals surface area contributed by atoms with E-state index < -0.39 is 0 Å². The van der Waals surface area contributed by atoms with Crippen molar-refractivity contribution in [1.29, 1.82) is 0 Å². The molecule has 5 nitrogen and oxygen atoms in total. The molecule has 1 N–H and O–H groups in total. The van der Waals surface area contributed by atoms with Gasteiger partial charge in [0.15, 0.2) is 0 Å². The number of nitrogens with one attached hydrogen (secondary N) is 1. The quantitative estimate of drug-likeness (QED) is 0.761. The predicted molar refractivity (Wildman–Crippen MR) is 88.0 cm³/mol. The summed E-state index contributed by atoms with van der Waals surface area (Å²) in [5.41, 5.74) is 2.15. The lowest BCUT2D eigenvalue weighted by Crippen LogP contribution is -2.23. The van der Waals surface area contributed by atoms with Crippen LogP contribution in [-0.4, -0.2) is 20.4 Å². The molecule has 0 aliphatic heterocycles. The lowest BCUT2D eigenvalue weighted by atomic mass is 10.1. The fourth-order valence-electron chi connectivity index (χ4n) is 2.26. The molecule has 2 heterocycles. The van der Waals surface area contributed by atoms with Crippen molar-refractivity contribution < 1.29 is 4.79 Å². The van der Waals surface area contributed by atoms with E-state index in [1.54, 1.807) is 18.7 Å². The lowest BCUT2D eigenvalue weighted by Gasteiger charge is -2.06. The first-order valence-corrected chi connectivity index (χ1v) is 7.55. The number of carbonyl (C=O) groups is 1. The fourth-order valence-corrected chi connectivity index (χ4v) is 2.26. The van der Waals surface area contributed by atoms with Crippen molar-refractivity contribution in [1.82, 2.24) is 19.9 Å². The Hall–Kier alpha value is -2.95. The zero-order valence-corrected chi connectivity index (χ0v) is 12.7. The van der Waals surface area contributed by atoms with Crippen molar-refractivity contribution >= 4 is 5.91 Å². The maximum atomic E-state index is 11.9. The Labute approximate surface area is 135 Å². The number of imidazole rings is 1. The third-order valence-corrected chi connectivity index (χ3v) is 3.55. The van der Waals surface area contributed by atoms with Gasteiger partial charge in [0, 0.05) is 31.6 Å². The summed E-state index contributed by atoms with van der Waals surface area (Å²) in [5.74, 6) is 0.856. The highest BCUT2D eigenvalue weighted by Crippen LogP contribution is 2.06. The molecule has 0 fully saturated rings. The summed E-state index contributed by atoms with van der Waals surface area (Å²) in [6, 6.07) is 13.9. The number of aromatic nitrogens is 3. The molecule has 3 rings (SSSR count). The van der Waals surface area contributed by atoms with Crippen molar-refractivity contribution in [2.24, 2.45) is 0 Å². The number of benzene rings is 1. The van der Waals surface area contributed by atoms with E-state index in [2.05, 4.69) is 15.3 Å². The second kappa shape index (κ2) is 7.35. The molecule has 0 spiro atoms. The van der Waals surface area contributed by atoms with Gasteiger partial charge in [0.2, 0.25) is 5.91 Å². The Morgan fingerprint density at radius 2 is 1.96 bits per heavy atom. The van der Waals surface area contributed by atoms with E-state index in [-0.39, 0.29) is 5.91 Å². The van der Waals surface area contributed by atoms with Crippen LogP contribution in [0.5, 0.6) is 0 Å². The van der Waals surface area contributed by atoms with Crippen LogP contribution < -0.4 is 5.32 Å². The van der Waals surface area contributed by atoms with Gasteiger partial charge in [-0.1, -0.05) is 36.4 Å². The fraction of sp³-hybridized carbons (Fsp3) is 0.167. The molecule has 0 radical (unpaired) electrons. The normalized spacial score (nSPS) is 10.4. The standard InChI is InChI=1S/C18H18N4O/c23-18(9-7-15-4-2-1-3-5-15)21-13-16-6-8-17(20-12-16)22-11-10-19-14-22/h1-6,8,10-12,14H,7,9,13H2,(H,21,23). The summed E-state index contributed by atoms with van der Waals surface area (Å²) in [7, 11) is 0. The number of hydrogen-bond acceptors (Lipinski definition) is 3. The topological polar surface area (TPSA) is 59.8 Å². The van der Waals surface area contributed by atoms with E-state index in [1.165, 1.54) is 5.56 Å². The molecule has 0 aliphatic rings. The highest BCUT2D eigenvalue weighted by atomic mass is 16.1. The molecule has 0 saturated heterocycles. The Balaban J connectivity index is 1.47. The highest BCUT2D eigenvalue weighted by molar-refractivity contribution is 5.76. The molecule has 0 unspecified atom stereocenters. The van der Waals surface area contributed by atoms with E-state index in [4.69, 9.17) is 0 Å². The van der Waals surface area contributed by atoms with E-state index in [0.717, 1.165) is 17.8 Å². The minimum absolute atomic E-state index is 0.0486. The molecule has 0 aliphatic carbocycles. The zero-order chi connectivity index (χ0) is 15.9. The number of aryl methyl sites for hydroxylation is 1. The number of hydrogen-bond donors (Lipinski definition) is 1. The van der Waals surface area contributed by atoms with Crippen LogP contribution in [0.3, 0.4) is 0 Å². The van der Waals surface area contributed by atoms with Gasteiger partial charge in [-0.25, -0.2) is 9.97 Å². The van der Waals surface area contributed by atoms with Crippen LogP contribution in [0.15, 0.2) is 67.4 Å². The SMILES string of the molecule is O=C(CCc1ccccc1)NCc1ccc(-n2ccnc2)nc1. The average molecular weight is 306 g/mol. The smallest absolute Gasteiger partial charge is 0.220 e. The predicted octanol–water partition coefficient (Wildman–Crippen LogP) is 2.52. The number of amides is 1. The molecule has 0 bridgehead atoms. The van der Waals surface area contributed by atoms with Crippen LogP contribution in [0.4, 0.5) is 0 Å². The van der Waals surface area contributed by atoms with Crippen LogP contribution in [0.1, 0.15) is 17.5 Å². The van der Waals surface area contributed by atoms with Crippen molar-refractivity contribution in [3.63, 3.8) is 0 Å². The van der Waals surface area contributed by atoms with Gasteiger partial charge in [-0.05, 0) is 23.6 Å². The summed E-state index contributed by atoms with van der Waals surface area (Å²) < 4.78 is 1.84. The van der Waals surface area contributed by atoms with Crippen LogP contribution >= 0.6 is 0 Å². The molecular weight excluding hydrogens is 288 g/mol. The average Bonchev–Trinajstić information content (AvgIpc) is 3.14. The molecule has 1 amide bonds. The van der Waals surface area contributed by atoms with E-state index in [9.17, 15) is 4.79 Å². The Bertz CT molecular complexity index is 736. The van der Waals surface area contributed by atoms with Gasteiger partial charge in [-0.3, -0.25) is 9.36 Å². The van der Waals surface area contributed by atoms with Crippen LogP contribution in [-0.2, 0) is 17.8 Å². The first-order chi connectivity index (χ1) is 11.3. The largest absolute Gasteiger partial charge is 0.352 e. The third-order valence-electron chi connectivity index (χ3n) is 3.55. The minimum atomic E-state index is 0.0486. The molecule has 116 valence electrons. The molecule has 0 atom stereocenters. The van der Waals surface area contributed by atoms with Crippen LogP contribution in [0.2, 0.25) is 0 Å². The Morgan fingerprint density at radius 3 is 2.65 bits per heavy atom. The first kappa shape index (κ1) is 15.0. The second-order valence-corrected chi connectivity index (χ2v) is 5.26. The van der Waals surface area contributed by atoms with E-state index >= 15 is 0 Å². The Kier molecular flexibility index (Phi) is 4.79. The summed E-state index contributed by atoms with van der Waals surface area (Å²) in [5, 5.41) is 2.93. The molecule has 23 heavy (non-hydrogen) atoms. The van der Waals surface area contributed by atoms with Gasteiger partial charge in [0.05, 0.1) is 0 Å². The molecule has 0 saturated carbocycles. The second-order valence-electron chi connectivity index (χ2n) is 5.26. The van der Waals surface area contributed by atoms with Crippen LogP contribution in [0.25, 0.3) is 5.82 Å². The third kappa shape index (κ3) is 4.26. The van der Waals surface area contributed by atoms with Gasteiger partial charge < -0.3 is 5.32 Å². The molecule has 2 aromatic heterocycles. The summed E-state index contributed by atoms with van der Waals surface area (Å²) >= 11 is 0. The van der Waals surface area contributed by atoms with E-state index in [0.29, 0.717) is 13.0 Å². The molecule has 3 aromatic rings. The minimum Gasteiger partial charge on any atom is -0.352 e. The summed E-state index contributed by atoms with van der Waals surface area (Å²) in [4.78, 5) is 20.3. The lowest BCUT2D eigenvalue weighted by molar-refractivity contribution is -0.121. The zero-order valence-electron chi connectivity index (χ0n) is 12.7. The van der Waals surface area contributed by atoms with Crippen molar-refractivity contribution in [2.75, 3.05) is 0 Å². The monoisotopic (exact) mass is 306 g/mol. The Morgan fingerprint density at radius 1 is 1.09 bits per heavy atom. The van der Waals surface area contributed by atoms with Gasteiger partial charge in [-0.15, -0.1) is 0 Å². The van der Waals surface area contributed by atoms with Crippen molar-refractivity contribution in [2.45, 2.75) is 19.4 Å². The number of rotatable bonds is 6. The van der Waals surface area contributed by atoms with Crippen molar-refractivity contribution in [3.8, 4) is 5.82 Å². The number of pyridine rings is 1. The molecule has 5 heteroatoms. The maximum Gasteiger partial charge on any atom is 0.220 e. The van der Waals surface area contributed by atoms with E-state index in [1.807, 2.05) is 53.2 Å². The summed E-state index contributed by atoms with van der Waals surface area (Å²) in [6.45, 7) is 0.491. The number of carbonyl (C=O) groups excluding carboxylic acids is 1. The van der Waals surface area contributed by atoms with Crippen molar-refractivity contribution in [3.05, 3.63) is 78.5 Å². The maximum absolute atomic E-state index is 11.9. The first-order valence-electron chi connectivity index (χ1n) is 7.55.